The Kier molecular flexibility index (Phi) is 4.02. The molecule has 0 aliphatic carbocycles. The summed E-state index contributed by atoms with van der Waals surface area (Å²) in [5.41, 5.74) is 2.07. The minimum atomic E-state index is 0.755. The van der Waals surface area contributed by atoms with Crippen LogP contribution in [0, 0.1) is 0 Å². The van der Waals surface area contributed by atoms with Crippen molar-refractivity contribution in [2.24, 2.45) is 0 Å². The molecule has 0 bridgehead atoms. The maximum Gasteiger partial charge on any atom is 0.164 e. The highest BCUT2D eigenvalue weighted by Gasteiger charge is 2.07. The lowest BCUT2D eigenvalue weighted by Gasteiger charge is -2.10. The molecule has 0 saturated carbocycles. The summed E-state index contributed by atoms with van der Waals surface area (Å²) in [6, 6.07) is 5.88. The Labute approximate surface area is 106 Å². The highest BCUT2D eigenvalue weighted by molar-refractivity contribution is 5.50. The van der Waals surface area contributed by atoms with Crippen LogP contribution in [0.5, 0.6) is 11.5 Å². The average molecular weight is 244 g/mol. The summed E-state index contributed by atoms with van der Waals surface area (Å²) in [6.07, 6.45) is 8.27. The van der Waals surface area contributed by atoms with Gasteiger partial charge in [-0.25, -0.2) is 4.98 Å². The minimum absolute atomic E-state index is 0.755. The number of ether oxygens (including phenoxy) is 2. The number of rotatable bonds is 5. The largest absolute Gasteiger partial charge is 0.493 e. The molecule has 0 saturated heterocycles. The normalized spacial score (nSPS) is 10.8. The predicted molar refractivity (Wildman–Crippen MR) is 70.9 cm³/mol. The Bertz CT molecular complexity index is 519. The van der Waals surface area contributed by atoms with E-state index in [1.54, 1.807) is 26.7 Å². The number of benzene rings is 1. The van der Waals surface area contributed by atoms with E-state index in [1.165, 1.54) is 0 Å². The van der Waals surface area contributed by atoms with Crippen LogP contribution in [0.25, 0.3) is 6.08 Å². The SMILES string of the molecule is COc1cccc(CC=Cc2cnc[nH]2)c1OC. The molecule has 4 nitrogen and oxygen atoms in total. The van der Waals surface area contributed by atoms with Crippen molar-refractivity contribution in [3.8, 4) is 11.5 Å². The highest BCUT2D eigenvalue weighted by Crippen LogP contribution is 2.31. The maximum absolute atomic E-state index is 5.38. The van der Waals surface area contributed by atoms with E-state index in [-0.39, 0.29) is 0 Å². The molecule has 0 fully saturated rings. The fraction of sp³-hybridized carbons (Fsp3) is 0.214. The lowest BCUT2D eigenvalue weighted by atomic mass is 10.1. The first-order valence-corrected chi connectivity index (χ1v) is 5.70. The number of hydrogen-bond acceptors (Lipinski definition) is 3. The van der Waals surface area contributed by atoms with Crippen molar-refractivity contribution < 1.29 is 9.47 Å². The van der Waals surface area contributed by atoms with Gasteiger partial charge in [-0.1, -0.05) is 18.2 Å². The highest BCUT2D eigenvalue weighted by atomic mass is 16.5. The number of allylic oxidation sites excluding steroid dienone is 1. The van der Waals surface area contributed by atoms with Gasteiger partial charge in [0.1, 0.15) is 0 Å². The molecule has 1 aromatic carbocycles. The van der Waals surface area contributed by atoms with Gasteiger partial charge in [0, 0.05) is 5.56 Å². The van der Waals surface area contributed by atoms with Gasteiger partial charge in [-0.3, -0.25) is 0 Å². The van der Waals surface area contributed by atoms with E-state index >= 15 is 0 Å². The molecule has 94 valence electrons. The van der Waals surface area contributed by atoms with Crippen LogP contribution in [0.15, 0.2) is 36.8 Å². The lowest BCUT2D eigenvalue weighted by molar-refractivity contribution is 0.352. The fourth-order valence-electron chi connectivity index (χ4n) is 1.79. The summed E-state index contributed by atoms with van der Waals surface area (Å²) in [5.74, 6) is 1.54. The molecule has 0 aliphatic rings. The third kappa shape index (κ3) is 2.71. The van der Waals surface area contributed by atoms with Gasteiger partial charge in [-0.2, -0.15) is 0 Å². The van der Waals surface area contributed by atoms with Crippen LogP contribution >= 0.6 is 0 Å². The summed E-state index contributed by atoms with van der Waals surface area (Å²) in [7, 11) is 3.29. The van der Waals surface area contributed by atoms with Crippen molar-refractivity contribution in [3.63, 3.8) is 0 Å². The average Bonchev–Trinajstić information content (AvgIpc) is 2.91. The molecular formula is C14H16N2O2. The molecule has 0 unspecified atom stereocenters. The summed E-state index contributed by atoms with van der Waals surface area (Å²) in [6.45, 7) is 0. The number of hydrogen-bond donors (Lipinski definition) is 1. The zero-order chi connectivity index (χ0) is 12.8. The summed E-state index contributed by atoms with van der Waals surface area (Å²) >= 11 is 0. The van der Waals surface area contributed by atoms with E-state index in [2.05, 4.69) is 16.0 Å². The topological polar surface area (TPSA) is 47.1 Å². The predicted octanol–water partition coefficient (Wildman–Crippen LogP) is 2.68. The molecule has 1 heterocycles. The van der Waals surface area contributed by atoms with E-state index in [1.807, 2.05) is 24.3 Å². The van der Waals surface area contributed by atoms with Crippen molar-refractivity contribution in [1.82, 2.24) is 9.97 Å². The van der Waals surface area contributed by atoms with E-state index in [9.17, 15) is 0 Å². The van der Waals surface area contributed by atoms with E-state index in [0.29, 0.717) is 0 Å². The van der Waals surface area contributed by atoms with Crippen LogP contribution in [0.2, 0.25) is 0 Å². The first kappa shape index (κ1) is 12.2. The zero-order valence-electron chi connectivity index (χ0n) is 10.5. The molecular weight excluding hydrogens is 228 g/mol. The van der Waals surface area contributed by atoms with Gasteiger partial charge < -0.3 is 14.5 Å². The van der Waals surface area contributed by atoms with Gasteiger partial charge >= 0.3 is 0 Å². The summed E-state index contributed by atoms with van der Waals surface area (Å²) in [4.78, 5) is 6.98. The van der Waals surface area contributed by atoms with E-state index in [4.69, 9.17) is 9.47 Å². The van der Waals surface area contributed by atoms with Crippen molar-refractivity contribution >= 4 is 6.08 Å². The number of nitrogens with zero attached hydrogens (tertiary/aromatic N) is 1. The van der Waals surface area contributed by atoms with Crippen LogP contribution in [0.3, 0.4) is 0 Å². The van der Waals surface area contributed by atoms with Gasteiger partial charge in [-0.05, 0) is 18.6 Å². The first-order valence-electron chi connectivity index (χ1n) is 5.70. The second-order valence-corrected chi connectivity index (χ2v) is 3.77. The smallest absolute Gasteiger partial charge is 0.164 e. The van der Waals surface area contributed by atoms with Crippen LogP contribution in [0.4, 0.5) is 0 Å². The second kappa shape index (κ2) is 5.91. The van der Waals surface area contributed by atoms with Gasteiger partial charge in [0.2, 0.25) is 0 Å². The molecule has 1 aromatic heterocycles. The Morgan fingerprint density at radius 3 is 2.83 bits per heavy atom. The maximum atomic E-state index is 5.38. The Hall–Kier alpha value is -2.23. The van der Waals surface area contributed by atoms with Crippen molar-refractivity contribution in [2.45, 2.75) is 6.42 Å². The molecule has 4 heteroatoms. The number of imidazole rings is 1. The van der Waals surface area contributed by atoms with Crippen molar-refractivity contribution in [3.05, 3.63) is 48.1 Å². The number of para-hydroxylation sites is 1. The first-order chi connectivity index (χ1) is 8.85. The monoisotopic (exact) mass is 244 g/mol. The van der Waals surface area contributed by atoms with Crippen molar-refractivity contribution in [2.75, 3.05) is 14.2 Å². The Morgan fingerprint density at radius 1 is 1.28 bits per heavy atom. The van der Waals surface area contributed by atoms with E-state index < -0.39 is 0 Å². The Balaban J connectivity index is 2.14. The third-order valence-corrected chi connectivity index (χ3v) is 2.64. The molecule has 2 rings (SSSR count). The van der Waals surface area contributed by atoms with Gasteiger partial charge in [-0.15, -0.1) is 0 Å². The number of methoxy groups -OCH3 is 2. The Morgan fingerprint density at radius 2 is 2.17 bits per heavy atom. The lowest BCUT2D eigenvalue weighted by Crippen LogP contribution is -1.94. The molecule has 0 radical (unpaired) electrons. The minimum Gasteiger partial charge on any atom is -0.493 e. The van der Waals surface area contributed by atoms with Gasteiger partial charge in [0.05, 0.1) is 32.4 Å². The number of H-pyrrole nitrogens is 1. The second-order valence-electron chi connectivity index (χ2n) is 3.77. The van der Waals surface area contributed by atoms with Crippen LogP contribution in [-0.4, -0.2) is 24.2 Å². The van der Waals surface area contributed by atoms with Gasteiger partial charge in [0.25, 0.3) is 0 Å². The standard InChI is InChI=1S/C14H16N2O2/c1-17-13-8-4-6-11(14(13)18-2)5-3-7-12-9-15-10-16-12/h3-4,6-10H,5H2,1-2H3,(H,15,16). The quantitative estimate of drug-likeness (QED) is 0.879. The zero-order valence-corrected chi connectivity index (χ0v) is 10.5. The number of aromatic nitrogens is 2. The molecule has 0 amide bonds. The van der Waals surface area contributed by atoms with E-state index in [0.717, 1.165) is 29.2 Å². The summed E-state index contributed by atoms with van der Waals surface area (Å²) < 4.78 is 10.6. The van der Waals surface area contributed by atoms with Gasteiger partial charge in [0.15, 0.2) is 11.5 Å². The van der Waals surface area contributed by atoms with Crippen LogP contribution < -0.4 is 9.47 Å². The molecule has 18 heavy (non-hydrogen) atoms. The van der Waals surface area contributed by atoms with Crippen molar-refractivity contribution in [1.29, 1.82) is 0 Å². The van der Waals surface area contributed by atoms with Crippen LogP contribution in [-0.2, 0) is 6.42 Å². The molecule has 0 spiro atoms. The van der Waals surface area contributed by atoms with Crippen LogP contribution in [0.1, 0.15) is 11.3 Å². The number of aromatic amines is 1. The molecule has 1 N–H and O–H groups in total. The number of nitrogens with one attached hydrogen (secondary N) is 1. The fourth-order valence-corrected chi connectivity index (χ4v) is 1.79. The molecule has 0 aliphatic heterocycles. The molecule has 2 aromatic rings. The third-order valence-electron chi connectivity index (χ3n) is 2.64. The molecule has 0 atom stereocenters. The summed E-state index contributed by atoms with van der Waals surface area (Å²) in [5, 5.41) is 0.